The van der Waals surface area contributed by atoms with E-state index in [1.807, 2.05) is 31.2 Å². The minimum Gasteiger partial charge on any atom is -0.493 e. The molecule has 1 saturated heterocycles. The molecule has 2 aliphatic rings. The molecule has 2 N–H and O–H groups in total. The Morgan fingerprint density at radius 2 is 2.32 bits per heavy atom. The molecule has 3 rings (SSSR count). The second-order valence-corrected chi connectivity index (χ2v) is 5.56. The quantitative estimate of drug-likeness (QED) is 0.852. The second-order valence-electron chi connectivity index (χ2n) is 5.56. The monoisotopic (exact) mass is 260 g/mol. The summed E-state index contributed by atoms with van der Waals surface area (Å²) in [5, 5.41) is 6.48. The van der Waals surface area contributed by atoms with Gasteiger partial charge in [-0.2, -0.15) is 0 Å². The normalized spacial score (nSPS) is 29.4. The minimum atomic E-state index is -0.409. The van der Waals surface area contributed by atoms with Crippen molar-refractivity contribution < 1.29 is 9.53 Å². The molecule has 1 fully saturated rings. The zero-order valence-corrected chi connectivity index (χ0v) is 11.2. The zero-order valence-electron chi connectivity index (χ0n) is 11.2. The molecule has 0 saturated carbocycles. The van der Waals surface area contributed by atoms with Gasteiger partial charge in [-0.3, -0.25) is 4.79 Å². The Kier molecular flexibility index (Phi) is 3.19. The predicted molar refractivity (Wildman–Crippen MR) is 73.1 cm³/mol. The molecular weight excluding hydrogens is 240 g/mol. The predicted octanol–water partition coefficient (Wildman–Crippen LogP) is 1.77. The number of carbonyl (C=O) groups is 1. The van der Waals surface area contributed by atoms with Crippen LogP contribution in [0.15, 0.2) is 24.3 Å². The van der Waals surface area contributed by atoms with E-state index in [1.54, 1.807) is 0 Å². The molecule has 2 heterocycles. The van der Waals surface area contributed by atoms with Crippen molar-refractivity contribution in [3.8, 4) is 5.75 Å². The molecular formula is C15H20N2O2. The van der Waals surface area contributed by atoms with Gasteiger partial charge in [-0.05, 0) is 32.4 Å². The summed E-state index contributed by atoms with van der Waals surface area (Å²) in [7, 11) is 0. The van der Waals surface area contributed by atoms with E-state index in [9.17, 15) is 4.79 Å². The van der Waals surface area contributed by atoms with Gasteiger partial charge in [0.2, 0.25) is 5.91 Å². The van der Waals surface area contributed by atoms with E-state index in [4.69, 9.17) is 4.74 Å². The maximum absolute atomic E-state index is 12.4. The van der Waals surface area contributed by atoms with E-state index < -0.39 is 5.54 Å². The summed E-state index contributed by atoms with van der Waals surface area (Å²) in [5.41, 5.74) is 0.677. The molecule has 1 amide bonds. The van der Waals surface area contributed by atoms with Crippen LogP contribution in [0, 0.1) is 0 Å². The fourth-order valence-corrected chi connectivity index (χ4v) is 2.90. The Balaban J connectivity index is 1.76. The molecule has 2 aliphatic heterocycles. The molecule has 0 bridgehead atoms. The first-order chi connectivity index (χ1) is 9.19. The highest BCUT2D eigenvalue weighted by atomic mass is 16.5. The number of fused-ring (bicyclic) bond motifs is 1. The van der Waals surface area contributed by atoms with Gasteiger partial charge in [0.1, 0.15) is 5.75 Å². The number of hydrogen-bond acceptors (Lipinski definition) is 3. The number of ether oxygens (including phenoxy) is 1. The smallest absolute Gasteiger partial charge is 0.240 e. The molecule has 19 heavy (non-hydrogen) atoms. The lowest BCUT2D eigenvalue weighted by Crippen LogP contribution is -2.52. The van der Waals surface area contributed by atoms with Crippen molar-refractivity contribution in [2.45, 2.75) is 37.8 Å². The van der Waals surface area contributed by atoms with Crippen molar-refractivity contribution in [2.75, 3.05) is 13.2 Å². The Labute approximate surface area is 113 Å². The zero-order chi connectivity index (χ0) is 13.3. The molecule has 0 radical (unpaired) electrons. The summed E-state index contributed by atoms with van der Waals surface area (Å²) in [4.78, 5) is 12.4. The molecule has 102 valence electrons. The van der Waals surface area contributed by atoms with Crippen LogP contribution < -0.4 is 15.4 Å². The molecule has 4 nitrogen and oxygen atoms in total. The first kappa shape index (κ1) is 12.5. The van der Waals surface area contributed by atoms with Gasteiger partial charge in [0.05, 0.1) is 18.2 Å². The fourth-order valence-electron chi connectivity index (χ4n) is 2.90. The summed E-state index contributed by atoms with van der Waals surface area (Å²) >= 11 is 0. The lowest BCUT2D eigenvalue weighted by molar-refractivity contribution is -0.127. The van der Waals surface area contributed by atoms with E-state index in [0.29, 0.717) is 6.61 Å². The van der Waals surface area contributed by atoms with Crippen molar-refractivity contribution in [1.29, 1.82) is 0 Å². The van der Waals surface area contributed by atoms with Gasteiger partial charge in [0.25, 0.3) is 0 Å². The first-order valence-corrected chi connectivity index (χ1v) is 6.97. The summed E-state index contributed by atoms with van der Waals surface area (Å²) in [5.74, 6) is 0.996. The molecule has 2 unspecified atom stereocenters. The number of para-hydroxylation sites is 1. The number of amides is 1. The highest BCUT2D eigenvalue weighted by Crippen LogP contribution is 2.32. The average molecular weight is 260 g/mol. The third-order valence-corrected chi connectivity index (χ3v) is 4.13. The Morgan fingerprint density at radius 3 is 3.11 bits per heavy atom. The lowest BCUT2D eigenvalue weighted by atomic mass is 9.96. The SMILES string of the molecule is CC1(C(=O)NC2CCOc3ccccc32)CCCN1. The number of rotatable bonds is 2. The van der Waals surface area contributed by atoms with Crippen LogP contribution in [-0.2, 0) is 4.79 Å². The molecule has 0 spiro atoms. The van der Waals surface area contributed by atoms with Crippen LogP contribution in [0.5, 0.6) is 5.75 Å². The van der Waals surface area contributed by atoms with Gasteiger partial charge in [0, 0.05) is 12.0 Å². The van der Waals surface area contributed by atoms with Crippen LogP contribution in [0.4, 0.5) is 0 Å². The number of carbonyl (C=O) groups excluding carboxylic acids is 1. The van der Waals surface area contributed by atoms with E-state index in [-0.39, 0.29) is 11.9 Å². The van der Waals surface area contributed by atoms with Gasteiger partial charge in [0.15, 0.2) is 0 Å². The molecule has 0 aliphatic carbocycles. The molecule has 2 atom stereocenters. The van der Waals surface area contributed by atoms with Crippen LogP contribution in [0.25, 0.3) is 0 Å². The van der Waals surface area contributed by atoms with Crippen molar-refractivity contribution in [2.24, 2.45) is 0 Å². The molecule has 1 aromatic carbocycles. The Hall–Kier alpha value is -1.55. The van der Waals surface area contributed by atoms with Crippen molar-refractivity contribution in [1.82, 2.24) is 10.6 Å². The largest absolute Gasteiger partial charge is 0.493 e. The average Bonchev–Trinajstić information content (AvgIpc) is 2.87. The summed E-state index contributed by atoms with van der Waals surface area (Å²) in [6.45, 7) is 3.57. The van der Waals surface area contributed by atoms with Crippen molar-refractivity contribution in [3.63, 3.8) is 0 Å². The van der Waals surface area contributed by atoms with Crippen LogP contribution in [-0.4, -0.2) is 24.6 Å². The van der Waals surface area contributed by atoms with E-state index >= 15 is 0 Å². The molecule has 0 aromatic heterocycles. The van der Waals surface area contributed by atoms with E-state index in [0.717, 1.165) is 37.1 Å². The van der Waals surface area contributed by atoms with Gasteiger partial charge in [-0.15, -0.1) is 0 Å². The van der Waals surface area contributed by atoms with E-state index in [1.165, 1.54) is 0 Å². The van der Waals surface area contributed by atoms with Crippen LogP contribution >= 0.6 is 0 Å². The third-order valence-electron chi connectivity index (χ3n) is 4.13. The minimum absolute atomic E-state index is 0.0664. The number of nitrogens with one attached hydrogen (secondary N) is 2. The van der Waals surface area contributed by atoms with Crippen molar-refractivity contribution in [3.05, 3.63) is 29.8 Å². The molecule has 1 aromatic rings. The van der Waals surface area contributed by atoms with Gasteiger partial charge < -0.3 is 15.4 Å². The molecule has 4 heteroatoms. The van der Waals surface area contributed by atoms with Gasteiger partial charge >= 0.3 is 0 Å². The van der Waals surface area contributed by atoms with E-state index in [2.05, 4.69) is 10.6 Å². The maximum atomic E-state index is 12.4. The lowest BCUT2D eigenvalue weighted by Gasteiger charge is -2.30. The van der Waals surface area contributed by atoms with Gasteiger partial charge in [-0.25, -0.2) is 0 Å². The third kappa shape index (κ3) is 2.32. The second kappa shape index (κ2) is 4.85. The summed E-state index contributed by atoms with van der Waals surface area (Å²) < 4.78 is 5.62. The van der Waals surface area contributed by atoms with Crippen LogP contribution in [0.2, 0.25) is 0 Å². The first-order valence-electron chi connectivity index (χ1n) is 6.97. The number of hydrogen-bond donors (Lipinski definition) is 2. The van der Waals surface area contributed by atoms with Crippen LogP contribution in [0.1, 0.15) is 37.8 Å². The fraction of sp³-hybridized carbons (Fsp3) is 0.533. The Morgan fingerprint density at radius 1 is 1.47 bits per heavy atom. The Bertz CT molecular complexity index is 481. The van der Waals surface area contributed by atoms with Crippen LogP contribution in [0.3, 0.4) is 0 Å². The van der Waals surface area contributed by atoms with Gasteiger partial charge in [-0.1, -0.05) is 18.2 Å². The summed E-state index contributed by atoms with van der Waals surface area (Å²) in [6, 6.07) is 8.01. The standard InChI is InChI=1S/C15H20N2O2/c1-15(8-4-9-16-15)14(18)17-12-7-10-19-13-6-3-2-5-11(12)13/h2-3,5-6,12,16H,4,7-10H2,1H3,(H,17,18). The topological polar surface area (TPSA) is 50.4 Å². The summed E-state index contributed by atoms with van der Waals surface area (Å²) in [6.07, 6.45) is 2.80. The number of benzene rings is 1. The highest BCUT2D eigenvalue weighted by Gasteiger charge is 2.37. The highest BCUT2D eigenvalue weighted by molar-refractivity contribution is 5.86. The maximum Gasteiger partial charge on any atom is 0.240 e. The van der Waals surface area contributed by atoms with Crippen molar-refractivity contribution >= 4 is 5.91 Å².